The molecule has 0 atom stereocenters. The summed E-state index contributed by atoms with van der Waals surface area (Å²) in [5.41, 5.74) is 2.94. The molecule has 1 aliphatic heterocycles. The summed E-state index contributed by atoms with van der Waals surface area (Å²) in [5.74, 6) is 1.31. The number of halogens is 1. The van der Waals surface area contributed by atoms with Gasteiger partial charge in [0.05, 0.1) is 12.8 Å². The zero-order chi connectivity index (χ0) is 19.4. The minimum absolute atomic E-state index is 0.234. The fourth-order valence-corrected chi connectivity index (χ4v) is 3.69. The van der Waals surface area contributed by atoms with Gasteiger partial charge < -0.3 is 14.8 Å². The van der Waals surface area contributed by atoms with Gasteiger partial charge in [0.15, 0.2) is 5.82 Å². The van der Waals surface area contributed by atoms with E-state index in [4.69, 9.17) is 21.1 Å². The van der Waals surface area contributed by atoms with E-state index in [-0.39, 0.29) is 5.41 Å². The third-order valence-corrected chi connectivity index (χ3v) is 5.58. The molecule has 0 spiro atoms. The van der Waals surface area contributed by atoms with Crippen LogP contribution in [0.2, 0.25) is 5.02 Å². The summed E-state index contributed by atoms with van der Waals surface area (Å²) in [6.07, 6.45) is 1.63. The van der Waals surface area contributed by atoms with Crippen LogP contribution in [-0.2, 0) is 10.2 Å². The fourth-order valence-electron chi connectivity index (χ4n) is 3.52. The minimum atomic E-state index is -0.234. The topological polar surface area (TPSA) is 80.1 Å². The Hall–Kier alpha value is -2.36. The van der Waals surface area contributed by atoms with Crippen molar-refractivity contribution in [1.82, 2.24) is 10.2 Å². The van der Waals surface area contributed by atoms with E-state index in [1.165, 1.54) is 0 Å². The number of nitrogens with zero attached hydrogens (tertiary/aromatic N) is 3. The van der Waals surface area contributed by atoms with Gasteiger partial charge in [-0.1, -0.05) is 11.6 Å². The molecule has 2 aromatic rings. The molecule has 0 unspecified atom stereocenters. The highest BCUT2D eigenvalue weighted by Gasteiger charge is 2.37. The van der Waals surface area contributed by atoms with Crippen LogP contribution < -0.4 is 10.1 Å². The van der Waals surface area contributed by atoms with Crippen molar-refractivity contribution in [3.05, 3.63) is 45.6 Å². The molecule has 1 aromatic heterocycles. The van der Waals surface area contributed by atoms with Gasteiger partial charge in [-0.15, -0.1) is 5.10 Å². The van der Waals surface area contributed by atoms with E-state index in [0.29, 0.717) is 36.2 Å². The summed E-state index contributed by atoms with van der Waals surface area (Å²) in [6.45, 7) is 5.63. The van der Waals surface area contributed by atoms with Crippen molar-refractivity contribution in [1.29, 1.82) is 5.26 Å². The number of hydrogen-bond acceptors (Lipinski definition) is 6. The summed E-state index contributed by atoms with van der Waals surface area (Å²) in [5, 5.41) is 21.9. The number of aromatic nitrogens is 2. The maximum atomic E-state index is 9.55. The van der Waals surface area contributed by atoms with Gasteiger partial charge in [-0.05, 0) is 50.5 Å². The van der Waals surface area contributed by atoms with Gasteiger partial charge >= 0.3 is 0 Å². The first-order valence-electron chi connectivity index (χ1n) is 8.90. The summed E-state index contributed by atoms with van der Waals surface area (Å²) < 4.78 is 11.2. The van der Waals surface area contributed by atoms with Crippen LogP contribution in [0.3, 0.4) is 0 Å². The largest absolute Gasteiger partial charge is 0.496 e. The minimum Gasteiger partial charge on any atom is -0.496 e. The number of methoxy groups -OCH3 is 1. The molecule has 1 fully saturated rings. The van der Waals surface area contributed by atoms with Crippen molar-refractivity contribution in [3.8, 4) is 11.8 Å². The molecule has 7 heteroatoms. The van der Waals surface area contributed by atoms with Crippen molar-refractivity contribution in [2.75, 3.05) is 32.2 Å². The second-order valence-electron chi connectivity index (χ2n) is 6.84. The lowest BCUT2D eigenvalue weighted by Crippen LogP contribution is -2.40. The van der Waals surface area contributed by atoms with E-state index in [2.05, 4.69) is 21.6 Å². The van der Waals surface area contributed by atoms with Crippen LogP contribution in [0.5, 0.6) is 5.75 Å². The molecule has 27 heavy (non-hydrogen) atoms. The number of nitrogens with one attached hydrogen (secondary N) is 1. The Bertz CT molecular complexity index is 873. The average molecular weight is 387 g/mol. The first-order chi connectivity index (χ1) is 13.0. The predicted molar refractivity (Wildman–Crippen MR) is 104 cm³/mol. The first kappa shape index (κ1) is 19.4. The maximum Gasteiger partial charge on any atom is 0.166 e. The van der Waals surface area contributed by atoms with Crippen molar-refractivity contribution in [2.24, 2.45) is 0 Å². The lowest BCUT2D eigenvalue weighted by molar-refractivity contribution is 0.0535. The number of hydrogen-bond donors (Lipinski definition) is 1. The Morgan fingerprint density at radius 3 is 2.70 bits per heavy atom. The van der Waals surface area contributed by atoms with Crippen LogP contribution in [-0.4, -0.2) is 37.1 Å². The van der Waals surface area contributed by atoms with E-state index < -0.39 is 0 Å². The standard InChI is InChI=1S/C20H23ClN4O2/c1-13-14(2)24-25-19(16(13)11-22)23-12-20(6-8-27-9-7-20)17-10-15(21)4-5-18(17)26-3/h4-5,10H,6-9,12H2,1-3H3,(H,23,25). The van der Waals surface area contributed by atoms with Crippen molar-refractivity contribution >= 4 is 17.4 Å². The second-order valence-corrected chi connectivity index (χ2v) is 7.27. The number of nitriles is 1. The monoisotopic (exact) mass is 386 g/mol. The van der Waals surface area contributed by atoms with Gasteiger partial charge in [0, 0.05) is 35.8 Å². The van der Waals surface area contributed by atoms with Crippen molar-refractivity contribution in [2.45, 2.75) is 32.1 Å². The second kappa shape index (κ2) is 8.12. The zero-order valence-electron chi connectivity index (χ0n) is 15.8. The molecular formula is C20H23ClN4O2. The normalized spacial score (nSPS) is 15.8. The lowest BCUT2D eigenvalue weighted by atomic mass is 9.73. The SMILES string of the molecule is COc1ccc(Cl)cc1C1(CNc2nnc(C)c(C)c2C#N)CCOCC1. The number of rotatable bonds is 5. The van der Waals surface area contributed by atoms with Gasteiger partial charge in [-0.25, -0.2) is 0 Å². The average Bonchev–Trinajstić information content (AvgIpc) is 2.69. The number of ether oxygens (including phenoxy) is 2. The molecule has 0 radical (unpaired) electrons. The van der Waals surface area contributed by atoms with E-state index in [1.54, 1.807) is 7.11 Å². The van der Waals surface area contributed by atoms with Crippen LogP contribution >= 0.6 is 11.6 Å². The van der Waals surface area contributed by atoms with Gasteiger partial charge in [0.2, 0.25) is 0 Å². The molecular weight excluding hydrogens is 364 g/mol. The summed E-state index contributed by atoms with van der Waals surface area (Å²) in [4.78, 5) is 0. The quantitative estimate of drug-likeness (QED) is 0.842. The molecule has 0 bridgehead atoms. The Balaban J connectivity index is 1.97. The van der Waals surface area contributed by atoms with Crippen molar-refractivity contribution in [3.63, 3.8) is 0 Å². The van der Waals surface area contributed by atoms with Crippen LogP contribution in [0, 0.1) is 25.2 Å². The van der Waals surface area contributed by atoms with E-state index in [9.17, 15) is 5.26 Å². The molecule has 0 saturated carbocycles. The number of aryl methyl sites for hydroxylation is 1. The maximum absolute atomic E-state index is 9.55. The molecule has 6 nitrogen and oxygen atoms in total. The molecule has 0 amide bonds. The lowest BCUT2D eigenvalue weighted by Gasteiger charge is -2.39. The van der Waals surface area contributed by atoms with Crippen LogP contribution in [0.25, 0.3) is 0 Å². The Morgan fingerprint density at radius 2 is 2.04 bits per heavy atom. The number of anilines is 1. The first-order valence-corrected chi connectivity index (χ1v) is 9.28. The highest BCUT2D eigenvalue weighted by molar-refractivity contribution is 6.30. The molecule has 2 heterocycles. The molecule has 142 valence electrons. The van der Waals surface area contributed by atoms with Crippen LogP contribution in [0.4, 0.5) is 5.82 Å². The van der Waals surface area contributed by atoms with Gasteiger partial charge in [0.1, 0.15) is 17.4 Å². The van der Waals surface area contributed by atoms with E-state index >= 15 is 0 Å². The zero-order valence-corrected chi connectivity index (χ0v) is 16.6. The Kier molecular flexibility index (Phi) is 5.83. The van der Waals surface area contributed by atoms with Crippen LogP contribution in [0.1, 0.15) is 35.2 Å². The molecule has 1 saturated heterocycles. The predicted octanol–water partition coefficient (Wildman–Crippen LogP) is 3.79. The fraction of sp³-hybridized carbons (Fsp3) is 0.450. The molecule has 1 aromatic carbocycles. The Labute approximate surface area is 164 Å². The van der Waals surface area contributed by atoms with Gasteiger partial charge in [-0.2, -0.15) is 10.4 Å². The van der Waals surface area contributed by atoms with Crippen molar-refractivity contribution < 1.29 is 9.47 Å². The third-order valence-electron chi connectivity index (χ3n) is 5.34. The van der Waals surface area contributed by atoms with Gasteiger partial charge in [0.25, 0.3) is 0 Å². The highest BCUT2D eigenvalue weighted by atomic mass is 35.5. The molecule has 1 N–H and O–H groups in total. The van der Waals surface area contributed by atoms with Crippen LogP contribution in [0.15, 0.2) is 18.2 Å². The number of benzene rings is 1. The van der Waals surface area contributed by atoms with E-state index in [1.807, 2.05) is 32.0 Å². The molecule has 0 aliphatic carbocycles. The smallest absolute Gasteiger partial charge is 0.166 e. The summed E-state index contributed by atoms with van der Waals surface area (Å²) in [6, 6.07) is 7.92. The highest BCUT2D eigenvalue weighted by Crippen LogP contribution is 2.41. The third kappa shape index (κ3) is 3.85. The van der Waals surface area contributed by atoms with E-state index in [0.717, 1.165) is 35.4 Å². The summed E-state index contributed by atoms with van der Waals surface area (Å²) >= 11 is 6.29. The molecule has 1 aliphatic rings. The molecule has 3 rings (SSSR count). The summed E-state index contributed by atoms with van der Waals surface area (Å²) in [7, 11) is 1.66. The van der Waals surface area contributed by atoms with Gasteiger partial charge in [-0.3, -0.25) is 0 Å². The Morgan fingerprint density at radius 1 is 1.30 bits per heavy atom.